The van der Waals surface area contributed by atoms with E-state index in [1.165, 1.54) is 7.11 Å². The zero-order valence-electron chi connectivity index (χ0n) is 18.8. The van der Waals surface area contributed by atoms with E-state index in [4.69, 9.17) is 9.47 Å². The van der Waals surface area contributed by atoms with Gasteiger partial charge in [-0.05, 0) is 36.5 Å². The van der Waals surface area contributed by atoms with E-state index in [9.17, 15) is 14.4 Å². The molecule has 1 aliphatic rings. The highest BCUT2D eigenvalue weighted by atomic mass is 16.5. The van der Waals surface area contributed by atoms with Gasteiger partial charge in [0.25, 0.3) is 0 Å². The van der Waals surface area contributed by atoms with Crippen LogP contribution in [0.2, 0.25) is 0 Å². The summed E-state index contributed by atoms with van der Waals surface area (Å²) in [4.78, 5) is 37.8. The van der Waals surface area contributed by atoms with E-state index in [-0.39, 0.29) is 24.9 Å². The molecule has 170 valence electrons. The van der Waals surface area contributed by atoms with E-state index in [2.05, 4.69) is 5.32 Å². The smallest absolute Gasteiger partial charge is 0.328 e. The number of esters is 2. The van der Waals surface area contributed by atoms with Crippen molar-refractivity contribution in [2.45, 2.75) is 51.5 Å². The predicted octanol–water partition coefficient (Wildman–Crippen LogP) is 4.07. The summed E-state index contributed by atoms with van der Waals surface area (Å²) < 4.78 is 10.0. The van der Waals surface area contributed by atoms with Crippen molar-refractivity contribution in [1.82, 2.24) is 5.32 Å². The molecule has 1 amide bonds. The summed E-state index contributed by atoms with van der Waals surface area (Å²) in [6, 6.07) is 17.1. The molecule has 1 saturated carbocycles. The third kappa shape index (κ3) is 5.75. The molecule has 0 saturated heterocycles. The first-order chi connectivity index (χ1) is 15.5. The van der Waals surface area contributed by atoms with Crippen LogP contribution in [-0.4, -0.2) is 37.6 Å². The van der Waals surface area contributed by atoms with Crippen LogP contribution in [0.5, 0.6) is 0 Å². The molecule has 0 heterocycles. The van der Waals surface area contributed by atoms with Gasteiger partial charge in [-0.2, -0.15) is 0 Å². The third-order valence-corrected chi connectivity index (χ3v) is 6.12. The number of carbonyl (C=O) groups excluding carboxylic acids is 3. The van der Waals surface area contributed by atoms with Crippen LogP contribution in [0.3, 0.4) is 0 Å². The quantitative estimate of drug-likeness (QED) is 0.598. The zero-order valence-corrected chi connectivity index (χ0v) is 18.8. The van der Waals surface area contributed by atoms with Crippen LogP contribution in [0.15, 0.2) is 54.6 Å². The van der Waals surface area contributed by atoms with Crippen LogP contribution < -0.4 is 5.32 Å². The normalized spacial score (nSPS) is 15.6. The maximum absolute atomic E-state index is 13.2. The minimum atomic E-state index is -0.824. The standard InChI is InChI=1S/C26H31NO5/c1-3-32-23(28)18-26(15-7-8-16-26)25(30)27-22(24(29)31-2)17-19-11-13-21(14-12-19)20-9-5-4-6-10-20/h4-6,9-14,22H,3,7-8,15-18H2,1-2H3,(H,27,30). The van der Waals surface area contributed by atoms with Crippen LogP contribution >= 0.6 is 0 Å². The molecule has 0 aliphatic heterocycles. The van der Waals surface area contributed by atoms with Crippen LogP contribution in [0.4, 0.5) is 0 Å². The van der Waals surface area contributed by atoms with Gasteiger partial charge in [-0.15, -0.1) is 0 Å². The Labute approximate surface area is 189 Å². The molecule has 1 fully saturated rings. The van der Waals surface area contributed by atoms with Gasteiger partial charge in [-0.1, -0.05) is 67.4 Å². The molecule has 0 bridgehead atoms. The van der Waals surface area contributed by atoms with E-state index < -0.39 is 17.4 Å². The molecule has 0 spiro atoms. The van der Waals surface area contributed by atoms with Gasteiger partial charge in [0.15, 0.2) is 0 Å². The second-order valence-electron chi connectivity index (χ2n) is 8.29. The largest absolute Gasteiger partial charge is 0.467 e. The molecule has 1 atom stereocenters. The summed E-state index contributed by atoms with van der Waals surface area (Å²) in [6.07, 6.45) is 3.30. The Kier molecular flexibility index (Phi) is 8.03. The predicted molar refractivity (Wildman–Crippen MR) is 122 cm³/mol. The lowest BCUT2D eigenvalue weighted by Gasteiger charge is -2.29. The first-order valence-electron chi connectivity index (χ1n) is 11.2. The monoisotopic (exact) mass is 437 g/mol. The first-order valence-corrected chi connectivity index (χ1v) is 11.2. The topological polar surface area (TPSA) is 81.7 Å². The Bertz CT molecular complexity index is 917. The van der Waals surface area contributed by atoms with Gasteiger partial charge in [-0.3, -0.25) is 9.59 Å². The van der Waals surface area contributed by atoms with Crippen molar-refractivity contribution in [3.63, 3.8) is 0 Å². The number of hydrogen-bond donors (Lipinski definition) is 1. The van der Waals surface area contributed by atoms with Crippen molar-refractivity contribution in [2.75, 3.05) is 13.7 Å². The fourth-order valence-electron chi connectivity index (χ4n) is 4.37. The van der Waals surface area contributed by atoms with Gasteiger partial charge >= 0.3 is 11.9 Å². The Morgan fingerprint density at radius 3 is 2.19 bits per heavy atom. The molecule has 1 N–H and O–H groups in total. The Balaban J connectivity index is 1.73. The number of carbonyl (C=O) groups is 3. The summed E-state index contributed by atoms with van der Waals surface area (Å²) in [5.41, 5.74) is 2.27. The van der Waals surface area contributed by atoms with Gasteiger partial charge < -0.3 is 14.8 Å². The van der Waals surface area contributed by atoms with Gasteiger partial charge in [0, 0.05) is 6.42 Å². The first kappa shape index (κ1) is 23.5. The number of ether oxygens (including phenoxy) is 2. The van der Waals surface area contributed by atoms with Crippen molar-refractivity contribution < 1.29 is 23.9 Å². The fraction of sp³-hybridized carbons (Fsp3) is 0.423. The van der Waals surface area contributed by atoms with Crippen LogP contribution in [0, 0.1) is 5.41 Å². The van der Waals surface area contributed by atoms with Crippen molar-refractivity contribution in [3.8, 4) is 11.1 Å². The van der Waals surface area contributed by atoms with Gasteiger partial charge in [0.2, 0.25) is 5.91 Å². The third-order valence-electron chi connectivity index (χ3n) is 6.12. The van der Waals surface area contributed by atoms with Crippen LogP contribution in [-0.2, 0) is 30.3 Å². The van der Waals surface area contributed by atoms with E-state index in [0.29, 0.717) is 19.3 Å². The maximum atomic E-state index is 13.2. The Hall–Kier alpha value is -3.15. The summed E-state index contributed by atoms with van der Waals surface area (Å²) in [5, 5.41) is 2.87. The number of amides is 1. The highest BCUT2D eigenvalue weighted by Gasteiger charge is 2.44. The molecule has 6 nitrogen and oxygen atoms in total. The molecule has 2 aromatic carbocycles. The Morgan fingerprint density at radius 2 is 1.59 bits per heavy atom. The van der Waals surface area contributed by atoms with Gasteiger partial charge in [0.05, 0.1) is 25.6 Å². The second kappa shape index (κ2) is 10.9. The van der Waals surface area contributed by atoms with E-state index in [1.54, 1.807) is 6.92 Å². The van der Waals surface area contributed by atoms with Gasteiger partial charge in [-0.25, -0.2) is 4.79 Å². The molecule has 1 aliphatic carbocycles. The van der Waals surface area contributed by atoms with Crippen molar-refractivity contribution in [3.05, 3.63) is 60.2 Å². The molecule has 3 rings (SSSR count). The molecule has 32 heavy (non-hydrogen) atoms. The van der Waals surface area contributed by atoms with E-state index in [1.807, 2.05) is 54.6 Å². The van der Waals surface area contributed by atoms with E-state index in [0.717, 1.165) is 29.5 Å². The minimum absolute atomic E-state index is 0.0341. The number of hydrogen-bond acceptors (Lipinski definition) is 5. The highest BCUT2D eigenvalue weighted by molar-refractivity contribution is 5.91. The molecular formula is C26H31NO5. The maximum Gasteiger partial charge on any atom is 0.328 e. The van der Waals surface area contributed by atoms with Crippen molar-refractivity contribution in [1.29, 1.82) is 0 Å². The highest BCUT2D eigenvalue weighted by Crippen LogP contribution is 2.41. The lowest BCUT2D eigenvalue weighted by molar-refractivity contribution is -0.151. The second-order valence-corrected chi connectivity index (χ2v) is 8.29. The molecule has 6 heteroatoms. The summed E-state index contributed by atoms with van der Waals surface area (Å²) in [5.74, 6) is -1.16. The lowest BCUT2D eigenvalue weighted by Crippen LogP contribution is -2.49. The molecule has 0 aromatic heterocycles. The molecule has 2 aromatic rings. The Morgan fingerprint density at radius 1 is 0.969 bits per heavy atom. The molecular weight excluding hydrogens is 406 g/mol. The molecule has 0 radical (unpaired) electrons. The van der Waals surface area contributed by atoms with Gasteiger partial charge in [0.1, 0.15) is 6.04 Å². The van der Waals surface area contributed by atoms with Crippen LogP contribution in [0.25, 0.3) is 11.1 Å². The summed E-state index contributed by atoms with van der Waals surface area (Å²) >= 11 is 0. The van der Waals surface area contributed by atoms with E-state index >= 15 is 0 Å². The van der Waals surface area contributed by atoms with Crippen molar-refractivity contribution in [2.24, 2.45) is 5.41 Å². The zero-order chi connectivity index (χ0) is 23.0. The fourth-order valence-corrected chi connectivity index (χ4v) is 4.37. The number of rotatable bonds is 9. The number of nitrogens with one attached hydrogen (secondary N) is 1. The lowest BCUT2D eigenvalue weighted by atomic mass is 9.81. The van der Waals surface area contributed by atoms with Crippen LogP contribution in [0.1, 0.15) is 44.6 Å². The van der Waals surface area contributed by atoms with Crippen molar-refractivity contribution >= 4 is 17.8 Å². The summed E-state index contributed by atoms with van der Waals surface area (Å²) in [7, 11) is 1.31. The summed E-state index contributed by atoms with van der Waals surface area (Å²) in [6.45, 7) is 2.02. The average molecular weight is 438 g/mol. The number of benzene rings is 2. The number of methoxy groups -OCH3 is 1. The molecule has 1 unspecified atom stereocenters. The minimum Gasteiger partial charge on any atom is -0.467 e. The average Bonchev–Trinajstić information content (AvgIpc) is 3.29. The SMILES string of the molecule is CCOC(=O)CC1(C(=O)NC(Cc2ccc(-c3ccccc3)cc2)C(=O)OC)CCCC1.